The molecular weight excluding hydrogens is 524 g/mol. The third-order valence-electron chi connectivity index (χ3n) is 5.40. The molecule has 41 heavy (non-hydrogen) atoms. The van der Waals surface area contributed by atoms with E-state index in [2.05, 4.69) is 56.3 Å². The Morgan fingerprint density at radius 2 is 1.59 bits per heavy atom. The number of hydrogen-bond acceptors (Lipinski definition) is 5. The zero-order chi connectivity index (χ0) is 31.3. The lowest BCUT2D eigenvalue weighted by Gasteiger charge is -2.09. The van der Waals surface area contributed by atoms with Gasteiger partial charge in [0.25, 0.3) is 0 Å². The number of allylic oxidation sites excluding steroid dienone is 8. The van der Waals surface area contributed by atoms with Gasteiger partial charge in [0, 0.05) is 17.6 Å². The van der Waals surface area contributed by atoms with E-state index < -0.39 is 0 Å². The summed E-state index contributed by atoms with van der Waals surface area (Å²) >= 11 is 4.62. The second-order valence-corrected chi connectivity index (χ2v) is 8.84. The van der Waals surface area contributed by atoms with Crippen LogP contribution in [0.2, 0.25) is 0 Å². The van der Waals surface area contributed by atoms with Gasteiger partial charge in [-0.15, -0.1) is 12.6 Å². The quantitative estimate of drug-likeness (QED) is 0.126. The highest BCUT2D eigenvalue weighted by molar-refractivity contribution is 7.84. The number of hydrogen-bond donors (Lipinski definition) is 3. The van der Waals surface area contributed by atoms with Gasteiger partial charge in [0.15, 0.2) is 0 Å². The largest absolute Gasteiger partial charge is 0.497 e. The molecule has 0 bridgehead atoms. The summed E-state index contributed by atoms with van der Waals surface area (Å²) in [4.78, 5) is 0.918. The van der Waals surface area contributed by atoms with Gasteiger partial charge in [0.05, 0.1) is 7.11 Å². The molecular formula is C36H54N2O2S. The Morgan fingerprint density at radius 1 is 0.976 bits per heavy atom. The summed E-state index contributed by atoms with van der Waals surface area (Å²) in [6.45, 7) is 19.4. The normalized spacial score (nSPS) is 11.3. The zero-order valence-corrected chi connectivity index (χ0v) is 27.6. The molecule has 0 unspecified atom stereocenters. The van der Waals surface area contributed by atoms with E-state index >= 15 is 0 Å². The van der Waals surface area contributed by atoms with E-state index in [1.54, 1.807) is 13.2 Å². The van der Waals surface area contributed by atoms with E-state index in [1.165, 1.54) is 11.1 Å². The fourth-order valence-corrected chi connectivity index (χ4v) is 3.20. The highest BCUT2D eigenvalue weighted by Gasteiger charge is 2.01. The van der Waals surface area contributed by atoms with Crippen LogP contribution < -0.4 is 15.4 Å². The third kappa shape index (κ3) is 21.1. The maximum Gasteiger partial charge on any atom is 0.120 e. The highest BCUT2D eigenvalue weighted by Crippen LogP contribution is 2.21. The van der Waals surface area contributed by atoms with Gasteiger partial charge in [-0.05, 0) is 87.8 Å². The van der Waals surface area contributed by atoms with Crippen LogP contribution in [-0.2, 0) is 11.3 Å². The van der Waals surface area contributed by atoms with Gasteiger partial charge in [0.2, 0.25) is 0 Å². The first-order chi connectivity index (χ1) is 19.9. The number of methoxy groups -OCH3 is 1. The van der Waals surface area contributed by atoms with Crippen molar-refractivity contribution in [2.75, 3.05) is 33.1 Å². The van der Waals surface area contributed by atoms with Gasteiger partial charge >= 0.3 is 0 Å². The zero-order valence-electron chi connectivity index (χ0n) is 26.7. The third-order valence-corrected chi connectivity index (χ3v) is 5.91. The van der Waals surface area contributed by atoms with Crippen LogP contribution in [0, 0.1) is 0 Å². The monoisotopic (exact) mass is 578 g/mol. The van der Waals surface area contributed by atoms with Crippen molar-refractivity contribution < 1.29 is 9.47 Å². The van der Waals surface area contributed by atoms with E-state index in [4.69, 9.17) is 9.47 Å². The Morgan fingerprint density at radius 3 is 2.05 bits per heavy atom. The van der Waals surface area contributed by atoms with Gasteiger partial charge in [-0.3, -0.25) is 0 Å². The molecule has 0 aromatic heterocycles. The first-order valence-electron chi connectivity index (χ1n) is 14.2. The Bertz CT molecular complexity index is 1030. The number of rotatable bonds is 13. The van der Waals surface area contributed by atoms with Crippen molar-refractivity contribution in [3.05, 3.63) is 132 Å². The SMILES string of the molecule is C=C/C=C(\C=C/C)CC/C(C)=C(S)/C=C(\C=C)OCc1ccccc1.CC.CCNC.CNc1ccc(OC)cc1. The van der Waals surface area contributed by atoms with Crippen molar-refractivity contribution in [3.63, 3.8) is 0 Å². The molecule has 0 amide bonds. The smallest absolute Gasteiger partial charge is 0.120 e. The lowest BCUT2D eigenvalue weighted by atomic mass is 10.0. The molecule has 0 radical (unpaired) electrons. The van der Waals surface area contributed by atoms with Crippen LogP contribution in [0.3, 0.4) is 0 Å². The summed E-state index contributed by atoms with van der Waals surface area (Å²) in [5.74, 6) is 1.61. The first-order valence-corrected chi connectivity index (χ1v) is 14.6. The van der Waals surface area contributed by atoms with Gasteiger partial charge in [-0.2, -0.15) is 0 Å². The molecule has 0 heterocycles. The predicted molar refractivity (Wildman–Crippen MR) is 187 cm³/mol. The summed E-state index contributed by atoms with van der Waals surface area (Å²) in [7, 11) is 5.48. The molecule has 0 atom stereocenters. The molecule has 5 heteroatoms. The van der Waals surface area contributed by atoms with Crippen molar-refractivity contribution in [1.82, 2.24) is 5.32 Å². The summed E-state index contributed by atoms with van der Waals surface area (Å²) in [5.41, 5.74) is 4.69. The van der Waals surface area contributed by atoms with E-state index in [0.717, 1.165) is 47.1 Å². The van der Waals surface area contributed by atoms with Crippen LogP contribution >= 0.6 is 12.6 Å². The average molecular weight is 579 g/mol. The van der Waals surface area contributed by atoms with Gasteiger partial charge in [-0.25, -0.2) is 0 Å². The predicted octanol–water partition coefficient (Wildman–Crippen LogP) is 9.93. The van der Waals surface area contributed by atoms with Crippen LogP contribution in [0.1, 0.15) is 53.0 Å². The van der Waals surface area contributed by atoms with Crippen molar-refractivity contribution in [2.45, 2.75) is 54.1 Å². The second kappa shape index (κ2) is 28.1. The van der Waals surface area contributed by atoms with E-state index in [1.807, 2.05) is 114 Å². The lowest BCUT2D eigenvalue weighted by molar-refractivity contribution is 0.211. The Hall–Kier alpha value is -3.41. The average Bonchev–Trinajstić information content (AvgIpc) is 3.03. The molecule has 0 aliphatic carbocycles. The number of benzene rings is 2. The van der Waals surface area contributed by atoms with E-state index in [-0.39, 0.29) is 0 Å². The fourth-order valence-electron chi connectivity index (χ4n) is 2.96. The van der Waals surface area contributed by atoms with Crippen molar-refractivity contribution in [3.8, 4) is 5.75 Å². The molecule has 0 aliphatic rings. The maximum absolute atomic E-state index is 5.83. The van der Waals surface area contributed by atoms with E-state index in [0.29, 0.717) is 6.61 Å². The van der Waals surface area contributed by atoms with Gasteiger partial charge in [0.1, 0.15) is 18.1 Å². The van der Waals surface area contributed by atoms with Gasteiger partial charge in [-0.1, -0.05) is 94.1 Å². The van der Waals surface area contributed by atoms with Crippen LogP contribution in [0.15, 0.2) is 126 Å². The Kier molecular flexibility index (Phi) is 27.3. The molecule has 0 aliphatic heterocycles. The summed E-state index contributed by atoms with van der Waals surface area (Å²) in [6.07, 6.45) is 13.6. The van der Waals surface area contributed by atoms with Crippen LogP contribution in [0.5, 0.6) is 5.75 Å². The highest BCUT2D eigenvalue weighted by atomic mass is 32.1. The minimum absolute atomic E-state index is 0.520. The molecule has 226 valence electrons. The maximum atomic E-state index is 5.83. The molecule has 2 aromatic carbocycles. The van der Waals surface area contributed by atoms with Crippen molar-refractivity contribution in [2.24, 2.45) is 0 Å². The van der Waals surface area contributed by atoms with Crippen LogP contribution in [0.25, 0.3) is 0 Å². The fraction of sp³-hybridized carbons (Fsp3) is 0.333. The van der Waals surface area contributed by atoms with Crippen LogP contribution in [-0.4, -0.2) is 27.7 Å². The number of anilines is 1. The summed E-state index contributed by atoms with van der Waals surface area (Å²) < 4.78 is 10.8. The second-order valence-electron chi connectivity index (χ2n) is 8.35. The molecule has 0 spiro atoms. The van der Waals surface area contributed by atoms with E-state index in [9.17, 15) is 0 Å². The molecule has 2 rings (SSSR count). The molecule has 4 nitrogen and oxygen atoms in total. The van der Waals surface area contributed by atoms with Crippen molar-refractivity contribution in [1.29, 1.82) is 0 Å². The number of thiol groups is 1. The topological polar surface area (TPSA) is 42.5 Å². The number of ether oxygens (including phenoxy) is 2. The summed E-state index contributed by atoms with van der Waals surface area (Å²) in [6, 6.07) is 17.9. The Balaban J connectivity index is 0. The molecule has 2 aromatic rings. The lowest BCUT2D eigenvalue weighted by Crippen LogP contribution is -2.01. The molecule has 0 fully saturated rings. The molecule has 0 saturated carbocycles. The minimum Gasteiger partial charge on any atom is -0.497 e. The van der Waals surface area contributed by atoms with Crippen LogP contribution in [0.4, 0.5) is 5.69 Å². The van der Waals surface area contributed by atoms with Crippen molar-refractivity contribution >= 4 is 18.3 Å². The molecule has 2 N–H and O–H groups in total. The standard InChI is InChI=1S/C23H28OS.C8H11NO.C3H9N.C2H6/c1-5-11-20(12-6-2)16-15-19(4)23(25)17-22(7-3)24-18-21-13-9-8-10-14-21;1-9-7-3-5-8(10-2)6-4-7;1-3-4-2;1-2/h5-14,17,25H,1,3,15-16,18H2,2,4H3;3-6,9H,1-2H3;4H,3H2,1-2H3;1-2H3/b12-6-,20-11+,22-17+,23-19-;;;. The number of nitrogens with one attached hydrogen (secondary N) is 2. The summed E-state index contributed by atoms with van der Waals surface area (Å²) in [5, 5.41) is 5.95. The molecule has 0 saturated heterocycles. The Labute approximate surface area is 257 Å². The minimum atomic E-state index is 0.520. The van der Waals surface area contributed by atoms with Gasteiger partial charge < -0.3 is 20.1 Å². The first kappa shape index (κ1) is 39.7.